The molecule has 4 nitrogen and oxygen atoms in total. The average Bonchev–Trinajstić information content (AvgIpc) is 3.24. The topological polar surface area (TPSA) is 43.8 Å². The molecule has 0 bridgehead atoms. The van der Waals surface area contributed by atoms with Gasteiger partial charge in [-0.2, -0.15) is 0 Å². The smallest absolute Gasteiger partial charge is 0.237 e. The van der Waals surface area contributed by atoms with Crippen molar-refractivity contribution in [1.82, 2.24) is 9.80 Å². The third-order valence-corrected chi connectivity index (χ3v) is 4.91. The Morgan fingerprint density at radius 3 is 2.65 bits per heavy atom. The van der Waals surface area contributed by atoms with Gasteiger partial charge in [0.2, 0.25) is 5.91 Å². The zero-order chi connectivity index (χ0) is 13.7. The van der Waals surface area contributed by atoms with Gasteiger partial charge in [-0.05, 0) is 30.4 Å². The summed E-state index contributed by atoms with van der Waals surface area (Å²) in [6.45, 7) is 2.17. The summed E-state index contributed by atoms with van der Waals surface area (Å²) >= 11 is 0. The lowest BCUT2D eigenvalue weighted by atomic mass is 10.1. The van der Waals surface area contributed by atoms with Crippen molar-refractivity contribution < 1.29 is 9.90 Å². The van der Waals surface area contributed by atoms with Crippen LogP contribution in [0.1, 0.15) is 30.1 Å². The first kappa shape index (κ1) is 12.4. The summed E-state index contributed by atoms with van der Waals surface area (Å²) in [5.74, 6) is 0.238. The lowest BCUT2D eigenvalue weighted by Gasteiger charge is -2.38. The highest BCUT2D eigenvalue weighted by Gasteiger charge is 2.41. The second-order valence-corrected chi connectivity index (χ2v) is 6.20. The summed E-state index contributed by atoms with van der Waals surface area (Å²) in [7, 11) is 0. The van der Waals surface area contributed by atoms with Crippen molar-refractivity contribution in [3.05, 3.63) is 35.4 Å². The van der Waals surface area contributed by atoms with E-state index in [1.165, 1.54) is 18.4 Å². The predicted octanol–water partition coefficient (Wildman–Crippen LogP) is 0.951. The second kappa shape index (κ2) is 4.57. The summed E-state index contributed by atoms with van der Waals surface area (Å²) < 4.78 is 0. The number of hydrogen-bond acceptors (Lipinski definition) is 3. The number of rotatable bonds is 2. The van der Waals surface area contributed by atoms with Crippen LogP contribution in [0.25, 0.3) is 0 Å². The zero-order valence-corrected chi connectivity index (χ0v) is 11.5. The molecule has 2 fully saturated rings. The minimum atomic E-state index is -0.452. The van der Waals surface area contributed by atoms with Crippen molar-refractivity contribution >= 4 is 5.91 Å². The fraction of sp³-hybridized carbons (Fsp3) is 0.562. The lowest BCUT2D eigenvalue weighted by molar-refractivity contribution is -0.138. The Bertz CT molecular complexity index is 541. The standard InChI is InChI=1S/C16H20N2O2/c19-15-10-17(7-8-18(15)12-5-6-12)14-9-11-3-1-2-4-13(11)16(14)20/h1-4,12,14,16,20H,5-10H2/t14-,16+/m0/s1. The van der Waals surface area contributed by atoms with Gasteiger partial charge in [-0.15, -0.1) is 0 Å². The summed E-state index contributed by atoms with van der Waals surface area (Å²) in [5, 5.41) is 10.5. The van der Waals surface area contributed by atoms with Gasteiger partial charge in [-0.1, -0.05) is 24.3 Å². The largest absolute Gasteiger partial charge is 0.387 e. The highest BCUT2D eigenvalue weighted by Crippen LogP contribution is 2.35. The van der Waals surface area contributed by atoms with Crippen LogP contribution in [0.3, 0.4) is 0 Å². The van der Waals surface area contributed by atoms with Gasteiger partial charge >= 0.3 is 0 Å². The van der Waals surface area contributed by atoms with Crippen LogP contribution < -0.4 is 0 Å². The van der Waals surface area contributed by atoms with E-state index in [2.05, 4.69) is 11.0 Å². The number of fused-ring (bicyclic) bond motifs is 1. The van der Waals surface area contributed by atoms with E-state index in [0.29, 0.717) is 12.6 Å². The van der Waals surface area contributed by atoms with Gasteiger partial charge < -0.3 is 10.0 Å². The van der Waals surface area contributed by atoms with E-state index in [-0.39, 0.29) is 11.9 Å². The Labute approximate surface area is 119 Å². The molecule has 4 heteroatoms. The first-order valence-electron chi connectivity index (χ1n) is 7.53. The minimum Gasteiger partial charge on any atom is -0.387 e. The number of benzene rings is 1. The van der Waals surface area contributed by atoms with Gasteiger partial charge in [-0.3, -0.25) is 9.69 Å². The fourth-order valence-corrected chi connectivity index (χ4v) is 3.64. The van der Waals surface area contributed by atoms with E-state index in [9.17, 15) is 9.90 Å². The van der Waals surface area contributed by atoms with Crippen LogP contribution in [0.15, 0.2) is 24.3 Å². The molecule has 0 radical (unpaired) electrons. The molecule has 1 aromatic carbocycles. The van der Waals surface area contributed by atoms with Crippen molar-refractivity contribution in [1.29, 1.82) is 0 Å². The van der Waals surface area contributed by atoms with Crippen LogP contribution in [-0.4, -0.2) is 52.5 Å². The molecular formula is C16H20N2O2. The van der Waals surface area contributed by atoms with Crippen LogP contribution in [0.4, 0.5) is 0 Å². The molecule has 1 N–H and O–H groups in total. The normalized spacial score (nSPS) is 30.6. The molecule has 106 valence electrons. The van der Waals surface area contributed by atoms with Crippen LogP contribution >= 0.6 is 0 Å². The third kappa shape index (κ3) is 1.95. The molecule has 1 amide bonds. The monoisotopic (exact) mass is 272 g/mol. The molecular weight excluding hydrogens is 252 g/mol. The number of carbonyl (C=O) groups excluding carboxylic acids is 1. The van der Waals surface area contributed by atoms with E-state index < -0.39 is 6.10 Å². The molecule has 2 aliphatic carbocycles. The molecule has 1 aliphatic heterocycles. The number of aliphatic hydroxyl groups excluding tert-OH is 1. The highest BCUT2D eigenvalue weighted by atomic mass is 16.3. The van der Waals surface area contributed by atoms with E-state index in [1.807, 2.05) is 23.1 Å². The summed E-state index contributed by atoms with van der Waals surface area (Å²) in [5.41, 5.74) is 2.26. The van der Waals surface area contributed by atoms with Crippen molar-refractivity contribution in [3.63, 3.8) is 0 Å². The predicted molar refractivity (Wildman–Crippen MR) is 75.2 cm³/mol. The SMILES string of the molecule is O=C1CN([C@H]2Cc3ccccc3[C@H]2O)CCN1C1CC1. The Kier molecular flexibility index (Phi) is 2.82. The lowest BCUT2D eigenvalue weighted by Crippen LogP contribution is -2.55. The Morgan fingerprint density at radius 2 is 1.95 bits per heavy atom. The maximum Gasteiger partial charge on any atom is 0.237 e. The number of nitrogens with zero attached hydrogens (tertiary/aromatic N) is 2. The van der Waals surface area contributed by atoms with Gasteiger partial charge in [0, 0.05) is 25.2 Å². The van der Waals surface area contributed by atoms with Crippen LogP contribution in [0.5, 0.6) is 0 Å². The van der Waals surface area contributed by atoms with E-state index in [4.69, 9.17) is 0 Å². The molecule has 3 aliphatic rings. The van der Waals surface area contributed by atoms with Crippen molar-refractivity contribution in [3.8, 4) is 0 Å². The fourth-order valence-electron chi connectivity index (χ4n) is 3.64. The Morgan fingerprint density at radius 1 is 1.15 bits per heavy atom. The molecule has 1 saturated carbocycles. The second-order valence-electron chi connectivity index (χ2n) is 6.20. The summed E-state index contributed by atoms with van der Waals surface area (Å²) in [6.07, 6.45) is 2.74. The van der Waals surface area contributed by atoms with Gasteiger partial charge in [0.1, 0.15) is 0 Å². The molecule has 2 atom stereocenters. The van der Waals surface area contributed by atoms with E-state index in [0.717, 1.165) is 25.1 Å². The van der Waals surface area contributed by atoms with E-state index >= 15 is 0 Å². The molecule has 4 rings (SSSR count). The Hall–Kier alpha value is -1.39. The van der Waals surface area contributed by atoms with E-state index in [1.54, 1.807) is 0 Å². The van der Waals surface area contributed by atoms with Crippen molar-refractivity contribution in [2.45, 2.75) is 37.5 Å². The Balaban J connectivity index is 1.49. The van der Waals surface area contributed by atoms with Crippen LogP contribution in [0, 0.1) is 0 Å². The average molecular weight is 272 g/mol. The maximum absolute atomic E-state index is 12.2. The number of carbonyl (C=O) groups is 1. The zero-order valence-electron chi connectivity index (χ0n) is 11.5. The van der Waals surface area contributed by atoms with Crippen molar-refractivity contribution in [2.75, 3.05) is 19.6 Å². The first-order valence-corrected chi connectivity index (χ1v) is 7.53. The first-order chi connectivity index (χ1) is 9.74. The van der Waals surface area contributed by atoms with Crippen LogP contribution in [-0.2, 0) is 11.2 Å². The molecule has 20 heavy (non-hydrogen) atoms. The van der Waals surface area contributed by atoms with Gasteiger partial charge in [0.15, 0.2) is 0 Å². The molecule has 0 unspecified atom stereocenters. The highest BCUT2D eigenvalue weighted by molar-refractivity contribution is 5.79. The molecule has 1 heterocycles. The summed E-state index contributed by atoms with van der Waals surface area (Å²) in [4.78, 5) is 16.4. The molecule has 0 aromatic heterocycles. The van der Waals surface area contributed by atoms with Gasteiger partial charge in [0.25, 0.3) is 0 Å². The van der Waals surface area contributed by atoms with Crippen molar-refractivity contribution in [2.24, 2.45) is 0 Å². The molecule has 1 aromatic rings. The maximum atomic E-state index is 12.2. The summed E-state index contributed by atoms with van der Waals surface area (Å²) in [6, 6.07) is 8.65. The number of piperazine rings is 1. The number of amides is 1. The van der Waals surface area contributed by atoms with Gasteiger partial charge in [0.05, 0.1) is 12.6 Å². The van der Waals surface area contributed by atoms with Gasteiger partial charge in [-0.25, -0.2) is 0 Å². The molecule has 0 spiro atoms. The number of aliphatic hydroxyl groups is 1. The number of hydrogen-bond donors (Lipinski definition) is 1. The minimum absolute atomic E-state index is 0.0673. The van der Waals surface area contributed by atoms with Crippen LogP contribution in [0.2, 0.25) is 0 Å². The quantitative estimate of drug-likeness (QED) is 0.872. The molecule has 1 saturated heterocycles. The third-order valence-electron chi connectivity index (χ3n) is 4.91.